The number of aromatic carboxylic acids is 1. The van der Waals surface area contributed by atoms with E-state index in [-0.39, 0.29) is 11.6 Å². The lowest BCUT2D eigenvalue weighted by Gasteiger charge is -2.10. The first-order chi connectivity index (χ1) is 10.0. The highest BCUT2D eigenvalue weighted by Gasteiger charge is 2.13. The van der Waals surface area contributed by atoms with Gasteiger partial charge in [0.05, 0.1) is 18.4 Å². The van der Waals surface area contributed by atoms with Crippen LogP contribution in [-0.2, 0) is 6.42 Å². The maximum atomic E-state index is 10.9. The van der Waals surface area contributed by atoms with Gasteiger partial charge in [-0.1, -0.05) is 13.0 Å². The van der Waals surface area contributed by atoms with Crippen molar-refractivity contribution < 1.29 is 19.4 Å². The molecule has 0 bridgehead atoms. The van der Waals surface area contributed by atoms with Crippen LogP contribution in [0.2, 0.25) is 0 Å². The predicted molar refractivity (Wildman–Crippen MR) is 76.2 cm³/mol. The maximum absolute atomic E-state index is 10.9. The Hall–Kier alpha value is -2.63. The lowest BCUT2D eigenvalue weighted by atomic mass is 10.1. The number of carboxylic acids is 1. The Morgan fingerprint density at radius 1 is 1.33 bits per heavy atom. The maximum Gasteiger partial charge on any atom is 0.339 e. The van der Waals surface area contributed by atoms with Gasteiger partial charge in [-0.05, 0) is 31.0 Å². The summed E-state index contributed by atoms with van der Waals surface area (Å²) in [5.41, 5.74) is 1.52. The van der Waals surface area contributed by atoms with Crippen LogP contribution in [0.4, 0.5) is 0 Å². The molecule has 2 rings (SSSR count). The Kier molecular flexibility index (Phi) is 4.37. The molecule has 0 spiro atoms. The van der Waals surface area contributed by atoms with Crippen molar-refractivity contribution in [3.63, 3.8) is 0 Å². The number of benzene rings is 1. The highest BCUT2D eigenvalue weighted by molar-refractivity contribution is 5.88. The van der Waals surface area contributed by atoms with Crippen LogP contribution in [0.3, 0.4) is 0 Å². The quantitative estimate of drug-likeness (QED) is 0.911. The number of hydrogen-bond acceptors (Lipinski definition) is 5. The summed E-state index contributed by atoms with van der Waals surface area (Å²) in [4.78, 5) is 18.9. The Morgan fingerprint density at radius 3 is 2.67 bits per heavy atom. The molecule has 21 heavy (non-hydrogen) atoms. The van der Waals surface area contributed by atoms with E-state index in [1.165, 1.54) is 6.20 Å². The first kappa shape index (κ1) is 14.8. The minimum atomic E-state index is -1.07. The van der Waals surface area contributed by atoms with E-state index in [9.17, 15) is 4.79 Å². The van der Waals surface area contributed by atoms with Gasteiger partial charge in [0.1, 0.15) is 0 Å². The minimum absolute atomic E-state index is 0.0515. The fraction of sp³-hybridized carbons (Fsp3) is 0.267. The number of aryl methyl sites for hydroxylation is 2. The zero-order chi connectivity index (χ0) is 15.4. The fourth-order valence-corrected chi connectivity index (χ4v) is 1.82. The molecule has 0 saturated carbocycles. The van der Waals surface area contributed by atoms with E-state index in [1.807, 2.05) is 19.1 Å². The summed E-state index contributed by atoms with van der Waals surface area (Å²) >= 11 is 0. The van der Waals surface area contributed by atoms with Crippen LogP contribution in [0.1, 0.15) is 28.5 Å². The van der Waals surface area contributed by atoms with Crippen LogP contribution in [0.5, 0.6) is 17.5 Å². The third-order valence-corrected chi connectivity index (χ3v) is 3.03. The molecule has 1 N–H and O–H groups in total. The van der Waals surface area contributed by atoms with Crippen molar-refractivity contribution >= 4 is 5.97 Å². The topological polar surface area (TPSA) is 81.5 Å². The molecule has 0 fully saturated rings. The summed E-state index contributed by atoms with van der Waals surface area (Å²) in [6.45, 7) is 3.64. The Bertz CT molecular complexity index is 671. The van der Waals surface area contributed by atoms with Crippen LogP contribution in [0.15, 0.2) is 24.4 Å². The first-order valence-electron chi connectivity index (χ1n) is 6.46. The molecular formula is C15H16N2O4. The summed E-state index contributed by atoms with van der Waals surface area (Å²) < 4.78 is 10.9. The van der Waals surface area contributed by atoms with Crippen molar-refractivity contribution in [2.45, 2.75) is 20.3 Å². The zero-order valence-electron chi connectivity index (χ0n) is 12.1. The molecule has 0 unspecified atom stereocenters. The number of methoxy groups -OCH3 is 1. The second-order valence-corrected chi connectivity index (χ2v) is 4.40. The Balaban J connectivity index is 2.30. The number of rotatable bonds is 5. The van der Waals surface area contributed by atoms with Gasteiger partial charge in [0.15, 0.2) is 11.5 Å². The SMILES string of the molecule is CCc1ccc(Oc2ncc(C(=O)O)c(C)n2)c(OC)c1. The Labute approximate surface area is 122 Å². The van der Waals surface area contributed by atoms with Crippen LogP contribution in [-0.4, -0.2) is 28.2 Å². The highest BCUT2D eigenvalue weighted by Crippen LogP contribution is 2.31. The fourth-order valence-electron chi connectivity index (χ4n) is 1.82. The van der Waals surface area contributed by atoms with Gasteiger partial charge in [0.2, 0.25) is 0 Å². The van der Waals surface area contributed by atoms with Crippen molar-refractivity contribution in [2.24, 2.45) is 0 Å². The summed E-state index contributed by atoms with van der Waals surface area (Å²) in [6.07, 6.45) is 2.12. The second-order valence-electron chi connectivity index (χ2n) is 4.40. The molecule has 0 saturated heterocycles. The van der Waals surface area contributed by atoms with E-state index in [1.54, 1.807) is 20.1 Å². The molecule has 110 valence electrons. The predicted octanol–water partition coefficient (Wildman–Crippen LogP) is 2.85. The number of ether oxygens (including phenoxy) is 2. The van der Waals surface area contributed by atoms with E-state index in [4.69, 9.17) is 14.6 Å². The van der Waals surface area contributed by atoms with Gasteiger partial charge in [-0.25, -0.2) is 9.78 Å². The van der Waals surface area contributed by atoms with Crippen molar-refractivity contribution in [1.82, 2.24) is 9.97 Å². The summed E-state index contributed by atoms with van der Waals surface area (Å²) in [5.74, 6) is -0.000909. The van der Waals surface area contributed by atoms with Gasteiger partial charge in [0.25, 0.3) is 0 Å². The third-order valence-electron chi connectivity index (χ3n) is 3.03. The Morgan fingerprint density at radius 2 is 2.10 bits per heavy atom. The van der Waals surface area contributed by atoms with Crippen LogP contribution in [0.25, 0.3) is 0 Å². The average Bonchev–Trinajstić information content (AvgIpc) is 2.47. The largest absolute Gasteiger partial charge is 0.493 e. The van der Waals surface area contributed by atoms with E-state index in [0.29, 0.717) is 17.2 Å². The summed E-state index contributed by atoms with van der Waals surface area (Å²) in [5, 5.41) is 8.95. The van der Waals surface area contributed by atoms with E-state index in [0.717, 1.165) is 12.0 Å². The average molecular weight is 288 g/mol. The van der Waals surface area contributed by atoms with Gasteiger partial charge >= 0.3 is 12.0 Å². The van der Waals surface area contributed by atoms with Gasteiger partial charge in [0, 0.05) is 6.20 Å². The first-order valence-corrected chi connectivity index (χ1v) is 6.46. The van der Waals surface area contributed by atoms with Gasteiger partial charge in [-0.15, -0.1) is 0 Å². The molecule has 1 heterocycles. The lowest BCUT2D eigenvalue weighted by Crippen LogP contribution is -2.04. The monoisotopic (exact) mass is 288 g/mol. The molecule has 0 radical (unpaired) electrons. The van der Waals surface area contributed by atoms with Gasteiger partial charge in [-0.3, -0.25) is 0 Å². The second kappa shape index (κ2) is 6.21. The highest BCUT2D eigenvalue weighted by atomic mass is 16.5. The van der Waals surface area contributed by atoms with Crippen molar-refractivity contribution in [1.29, 1.82) is 0 Å². The molecule has 0 aliphatic heterocycles. The normalized spacial score (nSPS) is 10.2. The van der Waals surface area contributed by atoms with Crippen molar-refractivity contribution in [3.8, 4) is 17.5 Å². The molecular weight excluding hydrogens is 272 g/mol. The molecule has 0 amide bonds. The molecule has 1 aromatic heterocycles. The molecule has 1 aromatic carbocycles. The lowest BCUT2D eigenvalue weighted by molar-refractivity contribution is 0.0695. The molecule has 2 aromatic rings. The molecule has 6 heteroatoms. The summed E-state index contributed by atoms with van der Waals surface area (Å²) in [6, 6.07) is 5.67. The number of carboxylic acid groups (broad SMARTS) is 1. The molecule has 0 aliphatic carbocycles. The smallest absolute Gasteiger partial charge is 0.339 e. The number of aromatic nitrogens is 2. The number of carbonyl (C=O) groups is 1. The van der Waals surface area contributed by atoms with E-state index < -0.39 is 5.97 Å². The molecule has 0 aliphatic rings. The van der Waals surface area contributed by atoms with E-state index >= 15 is 0 Å². The van der Waals surface area contributed by atoms with Crippen molar-refractivity contribution in [2.75, 3.05) is 7.11 Å². The molecule has 0 atom stereocenters. The summed E-state index contributed by atoms with van der Waals surface area (Å²) in [7, 11) is 1.56. The van der Waals surface area contributed by atoms with Crippen LogP contribution in [0, 0.1) is 6.92 Å². The standard InChI is InChI=1S/C15H16N2O4/c1-4-10-5-6-12(13(7-10)20-3)21-15-16-8-11(14(18)19)9(2)17-15/h5-8H,4H2,1-3H3,(H,18,19). The van der Waals surface area contributed by atoms with Gasteiger partial charge in [-0.2, -0.15) is 4.98 Å². The third kappa shape index (κ3) is 3.28. The zero-order valence-corrected chi connectivity index (χ0v) is 12.1. The van der Waals surface area contributed by atoms with E-state index in [2.05, 4.69) is 9.97 Å². The van der Waals surface area contributed by atoms with Crippen LogP contribution < -0.4 is 9.47 Å². The van der Waals surface area contributed by atoms with Gasteiger partial charge < -0.3 is 14.6 Å². The minimum Gasteiger partial charge on any atom is -0.493 e. The van der Waals surface area contributed by atoms with Crippen molar-refractivity contribution in [3.05, 3.63) is 41.2 Å². The number of nitrogens with zero attached hydrogens (tertiary/aromatic N) is 2. The molecule has 6 nitrogen and oxygen atoms in total. The van der Waals surface area contributed by atoms with Crippen LogP contribution >= 0.6 is 0 Å². The number of hydrogen-bond donors (Lipinski definition) is 1.